The molecule has 0 saturated heterocycles. The molecule has 34 heavy (non-hydrogen) atoms. The van der Waals surface area contributed by atoms with Crippen LogP contribution in [-0.2, 0) is 0 Å². The average Bonchev–Trinajstić information content (AvgIpc) is 2.79. The van der Waals surface area contributed by atoms with Crippen molar-refractivity contribution in [2.45, 2.75) is 20.8 Å². The molecule has 174 valence electrons. The number of nitrogens with zero attached hydrogens (tertiary/aromatic N) is 2. The molecule has 0 aliphatic heterocycles. The van der Waals surface area contributed by atoms with Gasteiger partial charge in [-0.2, -0.15) is 4.98 Å². The number of carbonyl (C=O) groups excluding carboxylic acids is 1. The van der Waals surface area contributed by atoms with Crippen molar-refractivity contribution in [3.05, 3.63) is 100 Å². The Bertz CT molecular complexity index is 1290. The Morgan fingerprint density at radius 3 is 1.91 bits per heavy atom. The summed E-state index contributed by atoms with van der Waals surface area (Å²) in [4.78, 5) is 22.2. The Balaban J connectivity index is 0.00000324. The molecular weight excluding hydrogens is 469 g/mol. The van der Waals surface area contributed by atoms with Gasteiger partial charge in [-0.05, 0) is 57.2 Å². The van der Waals surface area contributed by atoms with Crippen LogP contribution in [0.5, 0.6) is 0 Å². The maximum absolute atomic E-state index is 12.9. The summed E-state index contributed by atoms with van der Waals surface area (Å²) in [5.74, 6) is 0.557. The van der Waals surface area contributed by atoms with E-state index in [0.717, 1.165) is 22.5 Å². The van der Waals surface area contributed by atoms with Crippen LogP contribution < -0.4 is 16.0 Å². The predicted octanol–water partition coefficient (Wildman–Crippen LogP) is 7.22. The highest BCUT2D eigenvalue weighted by atomic mass is 35.5. The Labute approximate surface area is 210 Å². The molecule has 0 saturated carbocycles. The highest BCUT2D eigenvalue weighted by Gasteiger charge is 2.17. The molecule has 0 bridgehead atoms. The second-order valence-corrected chi connectivity index (χ2v) is 8.18. The highest BCUT2D eigenvalue weighted by molar-refractivity contribution is 6.34. The van der Waals surface area contributed by atoms with Gasteiger partial charge in [0.1, 0.15) is 5.69 Å². The van der Waals surface area contributed by atoms with Gasteiger partial charge in [0.15, 0.2) is 5.82 Å². The van der Waals surface area contributed by atoms with Crippen molar-refractivity contribution in [1.82, 2.24) is 9.97 Å². The van der Waals surface area contributed by atoms with E-state index in [2.05, 4.69) is 25.9 Å². The summed E-state index contributed by atoms with van der Waals surface area (Å²) in [6.07, 6.45) is 0. The molecule has 8 heteroatoms. The van der Waals surface area contributed by atoms with Crippen LogP contribution in [0.25, 0.3) is 0 Å². The molecule has 1 heterocycles. The van der Waals surface area contributed by atoms with Crippen LogP contribution in [0, 0.1) is 20.8 Å². The standard InChI is InChI=1S/C26H24ClN5O.ClH/c1-16-8-12-19(13-9-16)29-24-23(31-25(33)21-6-4-5-7-22(21)27)18(3)28-26(32-24)30-20-14-10-17(2)11-15-20;/h4-15H,1-3H3,(H,31,33)(H2,28,29,30,32);1H. The van der Waals surface area contributed by atoms with Gasteiger partial charge >= 0.3 is 0 Å². The summed E-state index contributed by atoms with van der Waals surface area (Å²) in [5, 5.41) is 9.84. The predicted molar refractivity (Wildman–Crippen MR) is 142 cm³/mol. The van der Waals surface area contributed by atoms with E-state index in [0.29, 0.717) is 33.7 Å². The van der Waals surface area contributed by atoms with Crippen LogP contribution in [0.1, 0.15) is 27.2 Å². The summed E-state index contributed by atoms with van der Waals surface area (Å²) >= 11 is 6.22. The van der Waals surface area contributed by atoms with Crippen LogP contribution in [0.2, 0.25) is 5.02 Å². The maximum Gasteiger partial charge on any atom is 0.257 e. The number of nitrogens with one attached hydrogen (secondary N) is 3. The number of rotatable bonds is 6. The van der Waals surface area contributed by atoms with Crippen molar-refractivity contribution in [2.75, 3.05) is 16.0 Å². The Morgan fingerprint density at radius 2 is 1.32 bits per heavy atom. The molecule has 0 spiro atoms. The van der Waals surface area contributed by atoms with Crippen molar-refractivity contribution < 1.29 is 4.79 Å². The van der Waals surface area contributed by atoms with Crippen LogP contribution >= 0.6 is 24.0 Å². The van der Waals surface area contributed by atoms with Crippen molar-refractivity contribution >= 4 is 58.7 Å². The number of aryl methyl sites for hydroxylation is 3. The second kappa shape index (κ2) is 11.0. The van der Waals surface area contributed by atoms with Gasteiger partial charge in [0, 0.05) is 11.4 Å². The molecule has 0 aliphatic carbocycles. The third-order valence-corrected chi connectivity index (χ3v) is 5.40. The summed E-state index contributed by atoms with van der Waals surface area (Å²) in [6.45, 7) is 5.88. The van der Waals surface area contributed by atoms with Crippen LogP contribution in [0.15, 0.2) is 72.8 Å². The van der Waals surface area contributed by atoms with E-state index >= 15 is 0 Å². The van der Waals surface area contributed by atoms with Gasteiger partial charge in [-0.15, -0.1) is 12.4 Å². The van der Waals surface area contributed by atoms with Gasteiger partial charge < -0.3 is 16.0 Å². The third kappa shape index (κ3) is 6.04. The van der Waals surface area contributed by atoms with Gasteiger partial charge in [-0.3, -0.25) is 4.79 Å². The van der Waals surface area contributed by atoms with E-state index < -0.39 is 0 Å². The average molecular weight is 494 g/mol. The largest absolute Gasteiger partial charge is 0.338 e. The first-order chi connectivity index (χ1) is 15.9. The molecule has 0 atom stereocenters. The molecule has 6 nitrogen and oxygen atoms in total. The van der Waals surface area contributed by atoms with E-state index in [9.17, 15) is 4.79 Å². The van der Waals surface area contributed by atoms with Gasteiger partial charge in [0.25, 0.3) is 5.91 Å². The minimum Gasteiger partial charge on any atom is -0.338 e. The third-order valence-electron chi connectivity index (χ3n) is 5.07. The van der Waals surface area contributed by atoms with E-state index in [4.69, 9.17) is 11.6 Å². The molecule has 0 aliphatic rings. The highest BCUT2D eigenvalue weighted by Crippen LogP contribution is 2.30. The molecule has 4 rings (SSSR count). The number of aromatic nitrogens is 2. The van der Waals surface area contributed by atoms with Gasteiger partial charge in [-0.1, -0.05) is 59.1 Å². The number of halogens is 2. The van der Waals surface area contributed by atoms with Crippen LogP contribution in [-0.4, -0.2) is 15.9 Å². The second-order valence-electron chi connectivity index (χ2n) is 7.77. The van der Waals surface area contributed by atoms with Crippen LogP contribution in [0.3, 0.4) is 0 Å². The van der Waals surface area contributed by atoms with Crippen LogP contribution in [0.4, 0.5) is 28.8 Å². The zero-order chi connectivity index (χ0) is 23.4. The van der Waals surface area contributed by atoms with Crippen molar-refractivity contribution in [1.29, 1.82) is 0 Å². The molecule has 0 radical (unpaired) electrons. The number of benzene rings is 3. The molecular formula is C26H25Cl2N5O. The monoisotopic (exact) mass is 493 g/mol. The van der Waals surface area contributed by atoms with Gasteiger partial charge in [0.2, 0.25) is 5.95 Å². The Kier molecular flexibility index (Phi) is 8.10. The number of anilines is 5. The number of carbonyl (C=O) groups is 1. The summed E-state index contributed by atoms with van der Waals surface area (Å²) in [7, 11) is 0. The van der Waals surface area contributed by atoms with E-state index in [1.807, 2.05) is 69.3 Å². The molecule has 0 fully saturated rings. The van der Waals surface area contributed by atoms with Gasteiger partial charge in [0.05, 0.1) is 16.3 Å². The fourth-order valence-electron chi connectivity index (χ4n) is 3.23. The van der Waals surface area contributed by atoms with E-state index in [1.54, 1.807) is 24.3 Å². The smallest absolute Gasteiger partial charge is 0.257 e. The number of hydrogen-bond donors (Lipinski definition) is 3. The fraction of sp³-hybridized carbons (Fsp3) is 0.115. The van der Waals surface area contributed by atoms with Crippen molar-refractivity contribution in [3.63, 3.8) is 0 Å². The quantitative estimate of drug-likeness (QED) is 0.264. The Morgan fingerprint density at radius 1 is 0.765 bits per heavy atom. The lowest BCUT2D eigenvalue weighted by Crippen LogP contribution is -2.16. The first-order valence-electron chi connectivity index (χ1n) is 10.5. The maximum atomic E-state index is 12.9. The minimum absolute atomic E-state index is 0. The molecule has 0 unspecified atom stereocenters. The summed E-state index contributed by atoms with van der Waals surface area (Å²) < 4.78 is 0. The molecule has 3 aromatic carbocycles. The number of amides is 1. The topological polar surface area (TPSA) is 78.9 Å². The zero-order valence-corrected chi connectivity index (χ0v) is 20.6. The van der Waals surface area contributed by atoms with Crippen molar-refractivity contribution in [3.8, 4) is 0 Å². The molecule has 1 aromatic heterocycles. The first kappa shape index (κ1) is 25.0. The molecule has 1 amide bonds. The lowest BCUT2D eigenvalue weighted by atomic mass is 10.2. The van der Waals surface area contributed by atoms with Crippen molar-refractivity contribution in [2.24, 2.45) is 0 Å². The lowest BCUT2D eigenvalue weighted by Gasteiger charge is -2.17. The lowest BCUT2D eigenvalue weighted by molar-refractivity contribution is 0.102. The van der Waals surface area contributed by atoms with E-state index in [-0.39, 0.29) is 18.3 Å². The SMILES string of the molecule is Cc1ccc(Nc2nc(C)c(NC(=O)c3ccccc3Cl)c(Nc3ccc(C)cc3)n2)cc1.Cl. The Hall–Kier alpha value is -3.61. The number of hydrogen-bond acceptors (Lipinski definition) is 5. The summed E-state index contributed by atoms with van der Waals surface area (Å²) in [6, 6.07) is 22.8. The molecule has 4 aromatic rings. The normalized spacial score (nSPS) is 10.2. The minimum atomic E-state index is -0.335. The summed E-state index contributed by atoms with van der Waals surface area (Å²) in [5.41, 5.74) is 5.49. The zero-order valence-electron chi connectivity index (χ0n) is 19.0. The first-order valence-corrected chi connectivity index (χ1v) is 10.9. The van der Waals surface area contributed by atoms with E-state index in [1.165, 1.54) is 0 Å². The van der Waals surface area contributed by atoms with Gasteiger partial charge in [-0.25, -0.2) is 4.98 Å². The molecule has 3 N–H and O–H groups in total. The fourth-order valence-corrected chi connectivity index (χ4v) is 3.46.